The fraction of sp³-hybridized carbons (Fsp3) is 0.333. The molecule has 0 unspecified atom stereocenters. The third-order valence-electron chi connectivity index (χ3n) is 5.04. The number of halogens is 1. The molecular weight excluding hydrogens is 378 g/mol. The van der Waals surface area contributed by atoms with Crippen LogP contribution < -0.4 is 5.48 Å². The molecule has 1 aliphatic heterocycles. The smallest absolute Gasteiger partial charge is 0.274 e. The molecule has 1 saturated heterocycles. The first-order valence-electron chi connectivity index (χ1n) is 9.23. The zero-order chi connectivity index (χ0) is 20.3. The highest BCUT2D eigenvalue weighted by atomic mass is 35.5. The molecule has 7 heteroatoms. The minimum absolute atomic E-state index is 0.0238. The summed E-state index contributed by atoms with van der Waals surface area (Å²) >= 11 is 5.92. The Morgan fingerprint density at radius 3 is 2.07 bits per heavy atom. The quantitative estimate of drug-likeness (QED) is 0.609. The van der Waals surface area contributed by atoms with Gasteiger partial charge in [-0.25, -0.2) is 5.48 Å². The van der Waals surface area contributed by atoms with Crippen molar-refractivity contribution in [3.63, 3.8) is 0 Å². The summed E-state index contributed by atoms with van der Waals surface area (Å²) in [5.74, 6) is -0.501. The maximum Gasteiger partial charge on any atom is 0.274 e. The number of hydrogen-bond acceptors (Lipinski definition) is 4. The number of rotatable bonds is 4. The number of hydroxylamine groups is 1. The van der Waals surface area contributed by atoms with Gasteiger partial charge in [0.25, 0.3) is 11.8 Å². The topological polar surface area (TPSA) is 72.9 Å². The van der Waals surface area contributed by atoms with Crippen molar-refractivity contribution in [3.8, 4) is 0 Å². The van der Waals surface area contributed by atoms with Crippen molar-refractivity contribution in [3.05, 3.63) is 70.2 Å². The van der Waals surface area contributed by atoms with Crippen molar-refractivity contribution in [2.45, 2.75) is 32.5 Å². The Labute approximate surface area is 169 Å². The fourth-order valence-corrected chi connectivity index (χ4v) is 3.91. The molecule has 6 nitrogen and oxygen atoms in total. The summed E-state index contributed by atoms with van der Waals surface area (Å²) in [6.45, 7) is 6.39. The molecule has 0 radical (unpaired) electrons. The van der Waals surface area contributed by atoms with Crippen molar-refractivity contribution in [1.82, 2.24) is 15.3 Å². The SMILES string of the molecule is C[C@@H]1CN(Cc2ccc(C(=O)NO)cc2)C[C@H](C)N1C(=O)c1ccc(Cl)cc1. The standard InChI is InChI=1S/C21H24ClN3O3/c1-14-11-24(13-16-3-5-17(6-4-16)20(26)23-28)12-15(2)25(14)21(27)18-7-9-19(22)10-8-18/h3-10,14-15,28H,11-13H2,1-2H3,(H,23,26)/t14-,15+. The van der Waals surface area contributed by atoms with Crippen LogP contribution in [0.15, 0.2) is 48.5 Å². The summed E-state index contributed by atoms with van der Waals surface area (Å²) in [4.78, 5) is 28.6. The summed E-state index contributed by atoms with van der Waals surface area (Å²) in [6.07, 6.45) is 0. The third kappa shape index (κ3) is 4.52. The molecule has 3 rings (SSSR count). The molecule has 0 aromatic heterocycles. The van der Waals surface area contributed by atoms with Crippen LogP contribution in [0.1, 0.15) is 40.1 Å². The number of carbonyl (C=O) groups excluding carboxylic acids is 2. The van der Waals surface area contributed by atoms with E-state index in [2.05, 4.69) is 18.7 Å². The molecular formula is C21H24ClN3O3. The Hall–Kier alpha value is -2.41. The monoisotopic (exact) mass is 401 g/mol. The lowest BCUT2D eigenvalue weighted by molar-refractivity contribution is 0.0268. The Kier molecular flexibility index (Phi) is 6.34. The molecule has 1 heterocycles. The molecule has 0 aliphatic carbocycles. The lowest BCUT2D eigenvalue weighted by atomic mass is 10.0. The highest BCUT2D eigenvalue weighted by Crippen LogP contribution is 2.21. The summed E-state index contributed by atoms with van der Waals surface area (Å²) in [7, 11) is 0. The van der Waals surface area contributed by atoms with Crippen LogP contribution in [0.25, 0.3) is 0 Å². The Morgan fingerprint density at radius 1 is 1.00 bits per heavy atom. The second-order valence-electron chi connectivity index (χ2n) is 7.25. The van der Waals surface area contributed by atoms with Crippen LogP contribution in [-0.4, -0.2) is 52.0 Å². The average molecular weight is 402 g/mol. The van der Waals surface area contributed by atoms with Crippen LogP contribution in [0.3, 0.4) is 0 Å². The first-order valence-corrected chi connectivity index (χ1v) is 9.60. The van der Waals surface area contributed by atoms with Gasteiger partial charge in [0, 0.05) is 47.9 Å². The largest absolute Gasteiger partial charge is 0.331 e. The van der Waals surface area contributed by atoms with Crippen LogP contribution in [-0.2, 0) is 6.54 Å². The molecule has 0 spiro atoms. The van der Waals surface area contributed by atoms with Gasteiger partial charge in [-0.2, -0.15) is 0 Å². The van der Waals surface area contributed by atoms with Crippen LogP contribution in [0.5, 0.6) is 0 Å². The van der Waals surface area contributed by atoms with Crippen molar-refractivity contribution in [2.75, 3.05) is 13.1 Å². The summed E-state index contributed by atoms with van der Waals surface area (Å²) < 4.78 is 0. The van der Waals surface area contributed by atoms with Crippen molar-refractivity contribution in [1.29, 1.82) is 0 Å². The second-order valence-corrected chi connectivity index (χ2v) is 7.69. The van der Waals surface area contributed by atoms with E-state index in [1.54, 1.807) is 41.9 Å². The van der Waals surface area contributed by atoms with E-state index >= 15 is 0 Å². The minimum Gasteiger partial charge on any atom is -0.331 e. The predicted octanol–water partition coefficient (Wildman–Crippen LogP) is 3.19. The highest BCUT2D eigenvalue weighted by Gasteiger charge is 2.33. The van der Waals surface area contributed by atoms with Gasteiger partial charge in [-0.05, 0) is 55.8 Å². The van der Waals surface area contributed by atoms with Gasteiger partial charge in [-0.15, -0.1) is 0 Å². The highest BCUT2D eigenvalue weighted by molar-refractivity contribution is 6.30. The van der Waals surface area contributed by atoms with Crippen LogP contribution in [0.2, 0.25) is 5.02 Å². The number of piperazine rings is 1. The molecule has 2 aromatic carbocycles. The maximum absolute atomic E-state index is 12.9. The number of amides is 2. The molecule has 1 aliphatic rings. The zero-order valence-electron chi connectivity index (χ0n) is 15.9. The van der Waals surface area contributed by atoms with E-state index in [4.69, 9.17) is 16.8 Å². The maximum atomic E-state index is 12.9. The first-order chi connectivity index (χ1) is 13.4. The second kappa shape index (κ2) is 8.73. The Morgan fingerprint density at radius 2 is 1.54 bits per heavy atom. The van der Waals surface area contributed by atoms with Crippen molar-refractivity contribution in [2.24, 2.45) is 0 Å². The summed E-state index contributed by atoms with van der Waals surface area (Å²) in [6, 6.07) is 14.3. The molecule has 0 bridgehead atoms. The van der Waals surface area contributed by atoms with Crippen molar-refractivity contribution >= 4 is 23.4 Å². The number of nitrogens with one attached hydrogen (secondary N) is 1. The predicted molar refractivity (Wildman–Crippen MR) is 108 cm³/mol. The lowest BCUT2D eigenvalue weighted by Gasteiger charge is -2.44. The third-order valence-corrected chi connectivity index (χ3v) is 5.30. The van der Waals surface area contributed by atoms with E-state index in [1.165, 1.54) is 0 Å². The van der Waals surface area contributed by atoms with Gasteiger partial charge in [0.15, 0.2) is 0 Å². The van der Waals surface area contributed by atoms with Gasteiger partial charge in [0.1, 0.15) is 0 Å². The van der Waals surface area contributed by atoms with Gasteiger partial charge < -0.3 is 4.90 Å². The van der Waals surface area contributed by atoms with E-state index in [0.29, 0.717) is 16.1 Å². The number of benzene rings is 2. The number of hydrogen-bond donors (Lipinski definition) is 2. The molecule has 2 atom stereocenters. The Bertz CT molecular complexity index is 827. The Balaban J connectivity index is 1.65. The van der Waals surface area contributed by atoms with Crippen LogP contribution >= 0.6 is 11.6 Å². The van der Waals surface area contributed by atoms with Crippen LogP contribution in [0.4, 0.5) is 0 Å². The molecule has 0 saturated carbocycles. The normalized spacial score (nSPS) is 20.1. The zero-order valence-corrected chi connectivity index (χ0v) is 16.7. The number of carbonyl (C=O) groups is 2. The minimum atomic E-state index is -0.525. The molecule has 2 aromatic rings. The summed E-state index contributed by atoms with van der Waals surface area (Å²) in [5.41, 5.74) is 3.76. The van der Waals surface area contributed by atoms with Gasteiger partial charge in [-0.3, -0.25) is 19.7 Å². The van der Waals surface area contributed by atoms with E-state index < -0.39 is 5.91 Å². The molecule has 2 amide bonds. The van der Waals surface area contributed by atoms with Crippen LogP contribution in [0, 0.1) is 0 Å². The van der Waals surface area contributed by atoms with Gasteiger partial charge >= 0.3 is 0 Å². The molecule has 1 fully saturated rings. The summed E-state index contributed by atoms with van der Waals surface area (Å²) in [5, 5.41) is 9.31. The molecule has 28 heavy (non-hydrogen) atoms. The molecule has 148 valence electrons. The van der Waals surface area contributed by atoms with Gasteiger partial charge in [0.05, 0.1) is 0 Å². The van der Waals surface area contributed by atoms with E-state index in [0.717, 1.165) is 25.2 Å². The van der Waals surface area contributed by atoms with E-state index in [-0.39, 0.29) is 18.0 Å². The van der Waals surface area contributed by atoms with Gasteiger partial charge in [-0.1, -0.05) is 23.7 Å². The lowest BCUT2D eigenvalue weighted by Crippen LogP contribution is -2.58. The van der Waals surface area contributed by atoms with Gasteiger partial charge in [0.2, 0.25) is 0 Å². The van der Waals surface area contributed by atoms with E-state index in [1.807, 2.05) is 17.0 Å². The fourth-order valence-electron chi connectivity index (χ4n) is 3.79. The van der Waals surface area contributed by atoms with Crippen molar-refractivity contribution < 1.29 is 14.8 Å². The number of nitrogens with zero attached hydrogens (tertiary/aromatic N) is 2. The van der Waals surface area contributed by atoms with E-state index in [9.17, 15) is 9.59 Å². The molecule has 2 N–H and O–H groups in total. The average Bonchev–Trinajstić information content (AvgIpc) is 2.68. The first kappa shape index (κ1) is 20.3.